The number of halogens is 1. The lowest BCUT2D eigenvalue weighted by atomic mass is 10.1. The quantitative estimate of drug-likeness (QED) is 0.845. The molecule has 1 atom stereocenters. The molecule has 1 amide bonds. The van der Waals surface area contributed by atoms with E-state index >= 15 is 0 Å². The predicted octanol–water partition coefficient (Wildman–Crippen LogP) is 2.28. The second-order valence-electron chi connectivity index (χ2n) is 5.04. The van der Waals surface area contributed by atoms with Crippen LogP contribution in [-0.4, -0.2) is 12.5 Å². The molecule has 0 bridgehead atoms. The van der Waals surface area contributed by atoms with E-state index in [1.165, 1.54) is 0 Å². The molecule has 0 aliphatic carbocycles. The number of carbonyl (C=O) groups excluding carboxylic acids is 1. The fourth-order valence-electron chi connectivity index (χ4n) is 2.05. The maximum Gasteiger partial charge on any atom is 0.275 e. The summed E-state index contributed by atoms with van der Waals surface area (Å²) in [7, 11) is 0. The van der Waals surface area contributed by atoms with Crippen molar-refractivity contribution in [3.8, 4) is 0 Å². The second-order valence-corrected chi connectivity index (χ2v) is 5.48. The third-order valence-corrected chi connectivity index (χ3v) is 3.64. The number of nitrogens with one attached hydrogen (secondary N) is 1. The SMILES string of the molecule is C[C@H]([NH2+]CC(=O)NCc1ccccc1)c1ccc(Cl)cc1. The zero-order valence-electron chi connectivity index (χ0n) is 12.1. The monoisotopic (exact) mass is 303 g/mol. The largest absolute Gasteiger partial charge is 0.347 e. The van der Waals surface area contributed by atoms with Gasteiger partial charge in [0.25, 0.3) is 5.91 Å². The molecule has 2 rings (SSSR count). The second kappa shape index (κ2) is 7.81. The summed E-state index contributed by atoms with van der Waals surface area (Å²) in [5.74, 6) is 0.0414. The molecule has 0 aliphatic rings. The molecular formula is C17H20ClN2O+. The van der Waals surface area contributed by atoms with Crippen molar-refractivity contribution in [2.45, 2.75) is 19.5 Å². The molecule has 3 N–H and O–H groups in total. The molecule has 21 heavy (non-hydrogen) atoms. The number of quaternary nitrogens is 1. The van der Waals surface area contributed by atoms with Gasteiger partial charge < -0.3 is 10.6 Å². The van der Waals surface area contributed by atoms with Crippen LogP contribution in [0.25, 0.3) is 0 Å². The first-order chi connectivity index (χ1) is 10.1. The predicted molar refractivity (Wildman–Crippen MR) is 84.9 cm³/mol. The van der Waals surface area contributed by atoms with Crippen molar-refractivity contribution in [2.75, 3.05) is 6.54 Å². The van der Waals surface area contributed by atoms with Gasteiger partial charge in [0.1, 0.15) is 6.04 Å². The van der Waals surface area contributed by atoms with Crippen LogP contribution in [0.4, 0.5) is 0 Å². The molecule has 0 saturated heterocycles. The molecule has 2 aromatic carbocycles. The van der Waals surface area contributed by atoms with Gasteiger partial charge in [0.05, 0.1) is 0 Å². The number of benzene rings is 2. The first-order valence-corrected chi connectivity index (χ1v) is 7.42. The summed E-state index contributed by atoms with van der Waals surface area (Å²) in [5, 5.41) is 5.67. The third-order valence-electron chi connectivity index (χ3n) is 3.39. The Morgan fingerprint density at radius 1 is 1.14 bits per heavy atom. The van der Waals surface area contributed by atoms with E-state index in [0.29, 0.717) is 13.1 Å². The normalized spacial score (nSPS) is 11.9. The smallest absolute Gasteiger partial charge is 0.275 e. The van der Waals surface area contributed by atoms with Crippen LogP contribution in [0.5, 0.6) is 0 Å². The standard InChI is InChI=1S/C17H19ClN2O/c1-13(15-7-9-16(18)10-8-15)19-12-17(21)20-11-14-5-3-2-4-6-14/h2-10,13,19H,11-12H2,1H3,(H,20,21)/p+1/t13-/m0/s1. The fraction of sp³-hybridized carbons (Fsp3) is 0.235. The van der Waals surface area contributed by atoms with Crippen molar-refractivity contribution in [3.63, 3.8) is 0 Å². The molecule has 0 aliphatic heterocycles. The van der Waals surface area contributed by atoms with Gasteiger partial charge in [-0.05, 0) is 24.6 Å². The van der Waals surface area contributed by atoms with Crippen LogP contribution >= 0.6 is 11.6 Å². The summed E-state index contributed by atoms with van der Waals surface area (Å²) in [4.78, 5) is 11.8. The zero-order valence-corrected chi connectivity index (χ0v) is 12.8. The molecule has 0 saturated carbocycles. The van der Waals surface area contributed by atoms with E-state index in [2.05, 4.69) is 12.2 Å². The molecule has 0 heterocycles. The van der Waals surface area contributed by atoms with Crippen molar-refractivity contribution in [1.82, 2.24) is 5.32 Å². The first kappa shape index (κ1) is 15.5. The average Bonchev–Trinajstić information content (AvgIpc) is 2.52. The van der Waals surface area contributed by atoms with Crippen LogP contribution in [0.1, 0.15) is 24.1 Å². The Morgan fingerprint density at radius 3 is 2.48 bits per heavy atom. The third kappa shape index (κ3) is 5.21. The Balaban J connectivity index is 1.74. The number of rotatable bonds is 6. The van der Waals surface area contributed by atoms with E-state index < -0.39 is 0 Å². The van der Waals surface area contributed by atoms with Crippen LogP contribution < -0.4 is 10.6 Å². The first-order valence-electron chi connectivity index (χ1n) is 7.04. The van der Waals surface area contributed by atoms with Crippen molar-refractivity contribution in [3.05, 3.63) is 70.7 Å². The van der Waals surface area contributed by atoms with Gasteiger partial charge in [-0.3, -0.25) is 4.79 Å². The Kier molecular flexibility index (Phi) is 5.78. The lowest BCUT2D eigenvalue weighted by molar-refractivity contribution is -0.682. The van der Waals surface area contributed by atoms with E-state index in [-0.39, 0.29) is 11.9 Å². The minimum Gasteiger partial charge on any atom is -0.347 e. The van der Waals surface area contributed by atoms with Crippen molar-refractivity contribution < 1.29 is 10.1 Å². The van der Waals surface area contributed by atoms with Gasteiger partial charge in [0, 0.05) is 17.1 Å². The average molecular weight is 304 g/mol. The number of hydrogen-bond donors (Lipinski definition) is 2. The summed E-state index contributed by atoms with van der Waals surface area (Å²) >= 11 is 5.87. The van der Waals surface area contributed by atoms with Crippen LogP contribution in [0.3, 0.4) is 0 Å². The fourth-order valence-corrected chi connectivity index (χ4v) is 2.18. The highest BCUT2D eigenvalue weighted by atomic mass is 35.5. The highest BCUT2D eigenvalue weighted by Crippen LogP contribution is 2.13. The molecule has 0 aromatic heterocycles. The Hall–Kier alpha value is -1.84. The minimum atomic E-state index is 0.0414. The zero-order chi connectivity index (χ0) is 15.1. The van der Waals surface area contributed by atoms with Gasteiger partial charge in [0.2, 0.25) is 0 Å². The molecule has 0 unspecified atom stereocenters. The van der Waals surface area contributed by atoms with Crippen LogP contribution in [0, 0.1) is 0 Å². The van der Waals surface area contributed by atoms with Crippen LogP contribution in [0.15, 0.2) is 54.6 Å². The van der Waals surface area contributed by atoms with Gasteiger partial charge in [-0.1, -0.05) is 54.1 Å². The number of amides is 1. The maximum atomic E-state index is 11.8. The number of hydrogen-bond acceptors (Lipinski definition) is 1. The molecule has 4 heteroatoms. The number of nitrogens with two attached hydrogens (primary N) is 1. The molecule has 110 valence electrons. The van der Waals surface area contributed by atoms with Crippen molar-refractivity contribution >= 4 is 17.5 Å². The van der Waals surface area contributed by atoms with Gasteiger partial charge in [-0.15, -0.1) is 0 Å². The van der Waals surface area contributed by atoms with E-state index in [9.17, 15) is 4.79 Å². The highest BCUT2D eigenvalue weighted by Gasteiger charge is 2.11. The molecular weight excluding hydrogens is 284 g/mol. The molecule has 0 spiro atoms. The van der Waals surface area contributed by atoms with Gasteiger partial charge >= 0.3 is 0 Å². The van der Waals surface area contributed by atoms with Gasteiger partial charge in [0.15, 0.2) is 6.54 Å². The molecule has 0 radical (unpaired) electrons. The molecule has 2 aromatic rings. The van der Waals surface area contributed by atoms with Crippen LogP contribution in [-0.2, 0) is 11.3 Å². The highest BCUT2D eigenvalue weighted by molar-refractivity contribution is 6.30. The summed E-state index contributed by atoms with van der Waals surface area (Å²) < 4.78 is 0. The maximum absolute atomic E-state index is 11.8. The number of carbonyl (C=O) groups is 1. The summed E-state index contributed by atoms with van der Waals surface area (Å²) in [6, 6.07) is 17.9. The Bertz CT molecular complexity index is 569. The van der Waals surface area contributed by atoms with E-state index in [1.54, 1.807) is 0 Å². The summed E-state index contributed by atoms with van der Waals surface area (Å²) in [6.07, 6.45) is 0. The van der Waals surface area contributed by atoms with Crippen LogP contribution in [0.2, 0.25) is 5.02 Å². The van der Waals surface area contributed by atoms with Gasteiger partial charge in [-0.25, -0.2) is 0 Å². The van der Waals surface area contributed by atoms with Crippen molar-refractivity contribution in [1.29, 1.82) is 0 Å². The van der Waals surface area contributed by atoms with Crippen molar-refractivity contribution in [2.24, 2.45) is 0 Å². The summed E-state index contributed by atoms with van der Waals surface area (Å²) in [5.41, 5.74) is 2.27. The lowest BCUT2D eigenvalue weighted by Gasteiger charge is -2.11. The molecule has 3 nitrogen and oxygen atoms in total. The lowest BCUT2D eigenvalue weighted by Crippen LogP contribution is -2.87. The van der Waals surface area contributed by atoms with E-state index in [0.717, 1.165) is 16.1 Å². The Labute approximate surface area is 130 Å². The topological polar surface area (TPSA) is 45.7 Å². The molecule has 0 fully saturated rings. The minimum absolute atomic E-state index is 0.0414. The van der Waals surface area contributed by atoms with E-state index in [4.69, 9.17) is 11.6 Å². The Morgan fingerprint density at radius 2 is 1.81 bits per heavy atom. The van der Waals surface area contributed by atoms with E-state index in [1.807, 2.05) is 59.9 Å². The summed E-state index contributed by atoms with van der Waals surface area (Å²) in [6.45, 7) is 3.06. The van der Waals surface area contributed by atoms with Gasteiger partial charge in [-0.2, -0.15) is 0 Å².